The number of hydrogen-bond acceptors (Lipinski definition) is 5. The maximum absolute atomic E-state index is 12.6. The van der Waals surface area contributed by atoms with E-state index in [-0.39, 0.29) is 5.91 Å². The number of rotatable bonds is 7. The molecular weight excluding hydrogens is 362 g/mol. The molecule has 0 unspecified atom stereocenters. The molecule has 0 bridgehead atoms. The normalized spacial score (nSPS) is 17.4. The molecule has 1 N–H and O–H groups in total. The number of hydrogen-bond donors (Lipinski definition) is 1. The van der Waals surface area contributed by atoms with E-state index < -0.39 is 0 Å². The first-order valence-electron chi connectivity index (χ1n) is 10.8. The van der Waals surface area contributed by atoms with Gasteiger partial charge in [0.05, 0.1) is 16.9 Å². The zero-order chi connectivity index (χ0) is 20.1. The number of pyridine rings is 1. The van der Waals surface area contributed by atoms with Crippen molar-refractivity contribution >= 4 is 23.1 Å². The van der Waals surface area contributed by atoms with Gasteiger partial charge < -0.3 is 20.0 Å². The highest BCUT2D eigenvalue weighted by Gasteiger charge is 2.25. The average molecular weight is 394 g/mol. The molecule has 0 atom stereocenters. The summed E-state index contributed by atoms with van der Waals surface area (Å²) in [5.74, 6) is 0.771. The summed E-state index contributed by atoms with van der Waals surface area (Å²) in [6, 6.07) is 11.6. The van der Waals surface area contributed by atoms with Gasteiger partial charge in [-0.25, -0.2) is 4.98 Å². The molecule has 1 amide bonds. The number of unbranched alkanes of at least 4 members (excludes halogenated alkanes) is 3. The van der Waals surface area contributed by atoms with E-state index in [0.29, 0.717) is 5.56 Å². The number of aromatic nitrogens is 1. The Morgan fingerprint density at radius 2 is 1.69 bits per heavy atom. The van der Waals surface area contributed by atoms with Crippen LogP contribution in [0.5, 0.6) is 0 Å². The van der Waals surface area contributed by atoms with Gasteiger partial charge in [-0.1, -0.05) is 25.0 Å². The molecule has 1 aromatic heterocycles. The molecule has 4 rings (SSSR count). The maximum atomic E-state index is 12.6. The summed E-state index contributed by atoms with van der Waals surface area (Å²) in [6.45, 7) is 6.85. The number of anilines is 3. The lowest BCUT2D eigenvalue weighted by atomic mass is 10.1. The van der Waals surface area contributed by atoms with Gasteiger partial charge in [-0.05, 0) is 50.7 Å². The molecule has 0 spiro atoms. The number of benzene rings is 1. The summed E-state index contributed by atoms with van der Waals surface area (Å²) in [7, 11) is 2.20. The summed E-state index contributed by atoms with van der Waals surface area (Å²) in [5.41, 5.74) is 2.43. The number of carbonyl (C=O) groups excluding carboxylic acids is 1. The predicted molar refractivity (Wildman–Crippen MR) is 118 cm³/mol. The highest BCUT2D eigenvalue weighted by Crippen LogP contribution is 2.36. The topological polar surface area (TPSA) is 51.7 Å². The molecule has 29 heavy (non-hydrogen) atoms. The van der Waals surface area contributed by atoms with Crippen molar-refractivity contribution in [3.8, 4) is 0 Å². The van der Waals surface area contributed by atoms with Crippen LogP contribution in [0.25, 0.3) is 0 Å². The van der Waals surface area contributed by atoms with E-state index in [4.69, 9.17) is 0 Å². The van der Waals surface area contributed by atoms with Gasteiger partial charge in [0.15, 0.2) is 5.82 Å². The van der Waals surface area contributed by atoms with Gasteiger partial charge in [0.2, 0.25) is 0 Å². The second-order valence-corrected chi connectivity index (χ2v) is 8.06. The van der Waals surface area contributed by atoms with E-state index in [9.17, 15) is 4.79 Å². The predicted octanol–water partition coefficient (Wildman–Crippen LogP) is 3.59. The van der Waals surface area contributed by atoms with Crippen molar-refractivity contribution in [1.29, 1.82) is 0 Å². The molecule has 1 fully saturated rings. The van der Waals surface area contributed by atoms with Crippen LogP contribution in [0, 0.1) is 0 Å². The second kappa shape index (κ2) is 9.37. The third-order valence-corrected chi connectivity index (χ3v) is 5.93. The van der Waals surface area contributed by atoms with Crippen LogP contribution < -0.4 is 10.2 Å². The van der Waals surface area contributed by atoms with E-state index in [0.717, 1.165) is 30.2 Å². The van der Waals surface area contributed by atoms with Crippen molar-refractivity contribution in [3.63, 3.8) is 0 Å². The Labute approximate surface area is 173 Å². The maximum Gasteiger partial charge on any atom is 0.257 e. The number of nitrogens with one attached hydrogen (secondary N) is 1. The lowest BCUT2D eigenvalue weighted by Gasteiger charge is -2.32. The van der Waals surface area contributed by atoms with E-state index >= 15 is 0 Å². The number of piperazine rings is 1. The standard InChI is InChI=1S/C23H31N5O/c1-26-15-17-27(18-16-26)13-6-2-3-7-14-28-21-11-5-4-9-19(21)23(29)25-20-10-8-12-24-22(20)28/h4-5,8-12H,2-3,6-7,13-18H2,1H3,(H,25,29). The van der Waals surface area contributed by atoms with Gasteiger partial charge in [0, 0.05) is 38.9 Å². The second-order valence-electron chi connectivity index (χ2n) is 8.06. The monoisotopic (exact) mass is 393 g/mol. The minimum atomic E-state index is -0.0653. The fourth-order valence-corrected chi connectivity index (χ4v) is 4.17. The van der Waals surface area contributed by atoms with Crippen molar-refractivity contribution < 1.29 is 4.79 Å². The Hall–Kier alpha value is -2.44. The molecule has 154 valence electrons. The van der Waals surface area contributed by atoms with E-state index in [1.165, 1.54) is 52.0 Å². The minimum absolute atomic E-state index is 0.0653. The molecule has 0 radical (unpaired) electrons. The number of carbonyl (C=O) groups is 1. The van der Waals surface area contributed by atoms with Gasteiger partial charge in [0.25, 0.3) is 5.91 Å². The Bertz CT molecular complexity index is 832. The van der Waals surface area contributed by atoms with Crippen LogP contribution in [0.4, 0.5) is 17.2 Å². The van der Waals surface area contributed by atoms with Crippen LogP contribution in [0.15, 0.2) is 42.6 Å². The Morgan fingerprint density at radius 3 is 2.52 bits per heavy atom. The van der Waals surface area contributed by atoms with Gasteiger partial charge in [0.1, 0.15) is 0 Å². The highest BCUT2D eigenvalue weighted by atomic mass is 16.1. The van der Waals surface area contributed by atoms with Crippen LogP contribution in [0.2, 0.25) is 0 Å². The molecule has 1 aromatic carbocycles. The fourth-order valence-electron chi connectivity index (χ4n) is 4.17. The quantitative estimate of drug-likeness (QED) is 0.729. The minimum Gasteiger partial charge on any atom is -0.324 e. The number of likely N-dealkylation sites (N-methyl/N-ethyl adjacent to an activating group) is 1. The smallest absolute Gasteiger partial charge is 0.257 e. The lowest BCUT2D eigenvalue weighted by Crippen LogP contribution is -2.44. The Morgan fingerprint density at radius 1 is 0.931 bits per heavy atom. The Balaban J connectivity index is 1.33. The van der Waals surface area contributed by atoms with Gasteiger partial charge in [-0.15, -0.1) is 0 Å². The van der Waals surface area contributed by atoms with Crippen LogP contribution in [0.1, 0.15) is 36.0 Å². The van der Waals surface area contributed by atoms with Crippen LogP contribution in [-0.4, -0.2) is 67.0 Å². The number of para-hydroxylation sites is 1. The average Bonchev–Trinajstić information content (AvgIpc) is 2.86. The van der Waals surface area contributed by atoms with E-state index in [1.54, 1.807) is 6.20 Å². The summed E-state index contributed by atoms with van der Waals surface area (Å²) in [5, 5.41) is 3.01. The van der Waals surface area contributed by atoms with Crippen molar-refractivity contribution in [2.75, 3.05) is 56.5 Å². The first-order chi connectivity index (χ1) is 14.2. The third-order valence-electron chi connectivity index (χ3n) is 5.93. The first-order valence-corrected chi connectivity index (χ1v) is 10.8. The Kier molecular flexibility index (Phi) is 6.42. The zero-order valence-corrected chi connectivity index (χ0v) is 17.3. The highest BCUT2D eigenvalue weighted by molar-refractivity contribution is 6.11. The number of amides is 1. The van der Waals surface area contributed by atoms with Crippen molar-refractivity contribution in [3.05, 3.63) is 48.2 Å². The van der Waals surface area contributed by atoms with Gasteiger partial charge in [-0.3, -0.25) is 4.79 Å². The fraction of sp³-hybridized carbons (Fsp3) is 0.478. The summed E-state index contributed by atoms with van der Waals surface area (Å²) < 4.78 is 0. The van der Waals surface area contributed by atoms with Crippen LogP contribution >= 0.6 is 0 Å². The molecule has 2 aliphatic rings. The molecular formula is C23H31N5O. The lowest BCUT2D eigenvalue weighted by molar-refractivity contribution is 0.102. The summed E-state index contributed by atoms with van der Waals surface area (Å²) in [4.78, 5) is 24.4. The molecule has 0 aliphatic carbocycles. The largest absolute Gasteiger partial charge is 0.324 e. The van der Waals surface area contributed by atoms with E-state index in [2.05, 4.69) is 32.0 Å². The number of fused-ring (bicyclic) bond motifs is 2. The molecule has 6 nitrogen and oxygen atoms in total. The molecule has 1 saturated heterocycles. The molecule has 6 heteroatoms. The van der Waals surface area contributed by atoms with Gasteiger partial charge >= 0.3 is 0 Å². The first kappa shape index (κ1) is 19.9. The SMILES string of the molecule is CN1CCN(CCCCCCN2c3ccccc3C(=O)Nc3cccnc32)CC1. The zero-order valence-electron chi connectivity index (χ0n) is 17.3. The van der Waals surface area contributed by atoms with Crippen molar-refractivity contribution in [2.24, 2.45) is 0 Å². The number of nitrogens with zero attached hydrogens (tertiary/aromatic N) is 4. The van der Waals surface area contributed by atoms with Crippen molar-refractivity contribution in [2.45, 2.75) is 25.7 Å². The van der Waals surface area contributed by atoms with Gasteiger partial charge in [-0.2, -0.15) is 0 Å². The summed E-state index contributed by atoms with van der Waals surface area (Å²) >= 11 is 0. The van der Waals surface area contributed by atoms with Crippen LogP contribution in [0.3, 0.4) is 0 Å². The molecule has 3 heterocycles. The summed E-state index contributed by atoms with van der Waals surface area (Å²) in [6.07, 6.45) is 6.57. The van der Waals surface area contributed by atoms with Crippen molar-refractivity contribution in [1.82, 2.24) is 14.8 Å². The third kappa shape index (κ3) is 4.77. The molecule has 0 saturated carbocycles. The van der Waals surface area contributed by atoms with E-state index in [1.807, 2.05) is 36.4 Å². The molecule has 2 aliphatic heterocycles. The molecule has 2 aromatic rings. The van der Waals surface area contributed by atoms with Crippen LogP contribution in [-0.2, 0) is 0 Å².